The molecule has 1 aromatic rings. The second kappa shape index (κ2) is 4.26. The van der Waals surface area contributed by atoms with E-state index in [1.807, 2.05) is 0 Å². The van der Waals surface area contributed by atoms with Crippen LogP contribution in [-0.2, 0) is 0 Å². The van der Waals surface area contributed by atoms with Gasteiger partial charge in [0.25, 0.3) is 0 Å². The molecule has 1 saturated carbocycles. The van der Waals surface area contributed by atoms with Crippen LogP contribution in [0.3, 0.4) is 0 Å². The van der Waals surface area contributed by atoms with Gasteiger partial charge in [-0.25, -0.2) is 9.97 Å². The summed E-state index contributed by atoms with van der Waals surface area (Å²) in [4.78, 5) is 8.38. The lowest BCUT2D eigenvalue weighted by Gasteiger charge is -2.31. The first-order valence-electron chi connectivity index (χ1n) is 5.00. The zero-order chi connectivity index (χ0) is 9.97. The van der Waals surface area contributed by atoms with E-state index in [1.54, 1.807) is 12.4 Å². The van der Waals surface area contributed by atoms with E-state index in [9.17, 15) is 0 Å². The van der Waals surface area contributed by atoms with Crippen LogP contribution in [0.1, 0.15) is 26.2 Å². The Morgan fingerprint density at radius 1 is 1.43 bits per heavy atom. The highest BCUT2D eigenvalue weighted by molar-refractivity contribution is 9.10. The minimum Gasteiger partial charge on any atom is -0.351 e. The predicted molar refractivity (Wildman–Crippen MR) is 60.2 cm³/mol. The predicted octanol–water partition coefficient (Wildman–Crippen LogP) is 2.84. The molecule has 1 heterocycles. The summed E-state index contributed by atoms with van der Waals surface area (Å²) in [6.45, 7) is 2.20. The van der Waals surface area contributed by atoms with Crippen molar-refractivity contribution in [2.75, 3.05) is 5.32 Å². The summed E-state index contributed by atoms with van der Waals surface area (Å²) in [5, 5.41) is 3.33. The third-order valence-electron chi connectivity index (χ3n) is 2.83. The van der Waals surface area contributed by atoms with E-state index >= 15 is 0 Å². The highest BCUT2D eigenvalue weighted by atomic mass is 79.9. The molecule has 3 nitrogen and oxygen atoms in total. The zero-order valence-electron chi connectivity index (χ0n) is 8.20. The average Bonchev–Trinajstić information content (AvgIpc) is 2.06. The number of aromatic nitrogens is 2. The molecule has 4 heteroatoms. The molecule has 1 aliphatic carbocycles. The van der Waals surface area contributed by atoms with Crippen LogP contribution in [-0.4, -0.2) is 16.0 Å². The molecule has 1 aliphatic rings. The number of halogens is 1. The number of hydrogen-bond donors (Lipinski definition) is 1. The van der Waals surface area contributed by atoms with E-state index < -0.39 is 0 Å². The monoisotopic (exact) mass is 255 g/mol. The van der Waals surface area contributed by atoms with Crippen molar-refractivity contribution >= 4 is 21.9 Å². The summed E-state index contributed by atoms with van der Waals surface area (Å²) < 4.78 is 0.916. The van der Waals surface area contributed by atoms with Crippen LogP contribution in [0.5, 0.6) is 0 Å². The fraction of sp³-hybridized carbons (Fsp3) is 0.600. The average molecular weight is 256 g/mol. The molecule has 0 radical (unpaired) electrons. The lowest BCUT2D eigenvalue weighted by atomic mass is 9.80. The van der Waals surface area contributed by atoms with Gasteiger partial charge in [-0.1, -0.05) is 6.42 Å². The molecule has 2 rings (SSSR count). The van der Waals surface area contributed by atoms with Gasteiger partial charge in [-0.3, -0.25) is 0 Å². The quantitative estimate of drug-likeness (QED) is 0.903. The van der Waals surface area contributed by atoms with Gasteiger partial charge in [0, 0.05) is 18.4 Å². The third-order valence-corrected chi connectivity index (χ3v) is 3.24. The van der Waals surface area contributed by atoms with Crippen LogP contribution < -0.4 is 5.32 Å². The van der Waals surface area contributed by atoms with E-state index in [0.717, 1.165) is 16.3 Å². The van der Waals surface area contributed by atoms with Gasteiger partial charge < -0.3 is 5.32 Å². The molecular weight excluding hydrogens is 242 g/mol. The number of rotatable bonds is 3. The molecular formula is C10H14BrN3. The molecule has 1 fully saturated rings. The van der Waals surface area contributed by atoms with Gasteiger partial charge in [-0.2, -0.15) is 0 Å². The Bertz CT molecular complexity index is 295. The summed E-state index contributed by atoms with van der Waals surface area (Å²) in [5.74, 6) is 1.54. The van der Waals surface area contributed by atoms with Crippen molar-refractivity contribution in [1.29, 1.82) is 0 Å². The highest BCUT2D eigenvalue weighted by Gasteiger charge is 2.23. The van der Waals surface area contributed by atoms with E-state index in [2.05, 4.69) is 38.1 Å². The lowest BCUT2D eigenvalue weighted by Crippen LogP contribution is -2.31. The molecule has 0 bridgehead atoms. The standard InChI is InChI=1S/C10H14BrN3/c1-7(8-3-2-4-8)14-10-12-5-9(11)6-13-10/h5-8H,2-4H2,1H3,(H,12,13,14)/t7-/m1/s1. The topological polar surface area (TPSA) is 37.8 Å². The molecule has 0 aromatic carbocycles. The fourth-order valence-electron chi connectivity index (χ4n) is 1.65. The first kappa shape index (κ1) is 9.90. The summed E-state index contributed by atoms with van der Waals surface area (Å²) in [7, 11) is 0. The molecule has 0 aliphatic heterocycles. The Labute approximate surface area is 92.5 Å². The van der Waals surface area contributed by atoms with Gasteiger partial charge in [-0.05, 0) is 41.6 Å². The van der Waals surface area contributed by atoms with Crippen LogP contribution in [0.25, 0.3) is 0 Å². The van der Waals surface area contributed by atoms with E-state index in [4.69, 9.17) is 0 Å². The number of nitrogens with zero attached hydrogens (tertiary/aromatic N) is 2. The van der Waals surface area contributed by atoms with Gasteiger partial charge >= 0.3 is 0 Å². The zero-order valence-corrected chi connectivity index (χ0v) is 9.79. The first-order chi connectivity index (χ1) is 6.75. The molecule has 0 amide bonds. The highest BCUT2D eigenvalue weighted by Crippen LogP contribution is 2.30. The smallest absolute Gasteiger partial charge is 0.222 e. The molecule has 0 unspecified atom stereocenters. The normalized spacial score (nSPS) is 18.7. The van der Waals surface area contributed by atoms with Crippen molar-refractivity contribution in [2.24, 2.45) is 5.92 Å². The van der Waals surface area contributed by atoms with E-state index in [1.165, 1.54) is 19.3 Å². The second-order valence-corrected chi connectivity index (χ2v) is 4.76. The minimum absolute atomic E-state index is 0.491. The summed E-state index contributed by atoms with van der Waals surface area (Å²) >= 11 is 3.31. The Balaban J connectivity index is 1.92. The Morgan fingerprint density at radius 2 is 2.07 bits per heavy atom. The lowest BCUT2D eigenvalue weighted by molar-refractivity contribution is 0.284. The third kappa shape index (κ3) is 2.23. The maximum absolute atomic E-state index is 4.19. The van der Waals surface area contributed by atoms with Crippen LogP contribution in [0.4, 0.5) is 5.95 Å². The van der Waals surface area contributed by atoms with Crippen molar-refractivity contribution in [2.45, 2.75) is 32.2 Å². The van der Waals surface area contributed by atoms with Crippen molar-refractivity contribution in [1.82, 2.24) is 9.97 Å². The van der Waals surface area contributed by atoms with Gasteiger partial charge in [-0.15, -0.1) is 0 Å². The maximum atomic E-state index is 4.19. The number of nitrogens with one attached hydrogen (secondary N) is 1. The van der Waals surface area contributed by atoms with Crippen molar-refractivity contribution in [3.05, 3.63) is 16.9 Å². The van der Waals surface area contributed by atoms with Gasteiger partial charge in [0.1, 0.15) is 0 Å². The molecule has 0 saturated heterocycles. The van der Waals surface area contributed by atoms with Crippen molar-refractivity contribution in [3.8, 4) is 0 Å². The largest absolute Gasteiger partial charge is 0.351 e. The molecule has 0 spiro atoms. The van der Waals surface area contributed by atoms with Gasteiger partial charge in [0.15, 0.2) is 0 Å². The van der Waals surface area contributed by atoms with Crippen molar-refractivity contribution in [3.63, 3.8) is 0 Å². The summed E-state index contributed by atoms with van der Waals surface area (Å²) in [6, 6.07) is 0.491. The molecule has 1 N–H and O–H groups in total. The molecule has 1 aromatic heterocycles. The second-order valence-electron chi connectivity index (χ2n) is 3.85. The Morgan fingerprint density at radius 3 is 2.57 bits per heavy atom. The number of anilines is 1. The van der Waals surface area contributed by atoms with E-state index in [-0.39, 0.29) is 0 Å². The summed E-state index contributed by atoms with van der Waals surface area (Å²) in [5.41, 5.74) is 0. The maximum Gasteiger partial charge on any atom is 0.222 e. The van der Waals surface area contributed by atoms with E-state index in [0.29, 0.717) is 6.04 Å². The Hall–Kier alpha value is -0.640. The molecule has 14 heavy (non-hydrogen) atoms. The molecule has 76 valence electrons. The Kier molecular flexibility index (Phi) is 3.01. The summed E-state index contributed by atoms with van der Waals surface area (Å²) in [6.07, 6.45) is 7.58. The fourth-order valence-corrected chi connectivity index (χ4v) is 1.85. The first-order valence-corrected chi connectivity index (χ1v) is 5.79. The van der Waals surface area contributed by atoms with Crippen LogP contribution in [0.2, 0.25) is 0 Å². The number of hydrogen-bond acceptors (Lipinski definition) is 3. The van der Waals surface area contributed by atoms with Gasteiger partial charge in [0.2, 0.25) is 5.95 Å². The van der Waals surface area contributed by atoms with Crippen LogP contribution >= 0.6 is 15.9 Å². The van der Waals surface area contributed by atoms with Crippen LogP contribution in [0, 0.1) is 5.92 Å². The van der Waals surface area contributed by atoms with Crippen LogP contribution in [0.15, 0.2) is 16.9 Å². The minimum atomic E-state index is 0.491. The van der Waals surface area contributed by atoms with Gasteiger partial charge in [0.05, 0.1) is 4.47 Å². The molecule has 1 atom stereocenters. The van der Waals surface area contributed by atoms with Crippen molar-refractivity contribution < 1.29 is 0 Å². The SMILES string of the molecule is C[C@@H](Nc1ncc(Br)cn1)C1CCC1.